The number of nitriles is 1. The van der Waals surface area contributed by atoms with Crippen molar-refractivity contribution in [3.63, 3.8) is 0 Å². The van der Waals surface area contributed by atoms with Crippen molar-refractivity contribution < 1.29 is 33.4 Å². The molecule has 2 aromatic heterocycles. The van der Waals surface area contributed by atoms with E-state index in [1.54, 1.807) is 6.33 Å². The molecule has 0 aliphatic carbocycles. The molecular weight excluding hydrogens is 312 g/mol. The van der Waals surface area contributed by atoms with Crippen LogP contribution in [-0.2, 0) is 6.54 Å². The minimum absolute atomic E-state index is 0.437. The van der Waals surface area contributed by atoms with Crippen molar-refractivity contribution in [1.82, 2.24) is 15.0 Å². The van der Waals surface area contributed by atoms with Crippen LogP contribution in [0.25, 0.3) is 11.2 Å². The summed E-state index contributed by atoms with van der Waals surface area (Å²) in [6.07, 6.45) is 3.22. The van der Waals surface area contributed by atoms with Crippen molar-refractivity contribution >= 4 is 28.7 Å². The maximum absolute atomic E-state index is 8.49. The van der Waals surface area contributed by atoms with Crippen LogP contribution >= 0.6 is 11.8 Å². The van der Waals surface area contributed by atoms with Crippen LogP contribution < -0.4 is 28.9 Å². The topological polar surface area (TPSA) is 188 Å². The van der Waals surface area contributed by atoms with Gasteiger partial charge >= 0.3 is 5.65 Å². The van der Waals surface area contributed by atoms with E-state index in [0.717, 1.165) is 16.9 Å². The van der Waals surface area contributed by atoms with E-state index in [1.807, 2.05) is 9.97 Å². The number of thioether (sulfide) groups is 1. The lowest BCUT2D eigenvalue weighted by Crippen LogP contribution is -2.68. The van der Waals surface area contributed by atoms with Gasteiger partial charge in [-0.25, -0.2) is 23.2 Å². The van der Waals surface area contributed by atoms with Gasteiger partial charge in [-0.15, -0.1) is 10.2 Å². The molecule has 0 aliphatic heterocycles. The highest BCUT2D eigenvalue weighted by Gasteiger charge is 2.13. The first-order valence-corrected chi connectivity index (χ1v) is 7.14. The van der Waals surface area contributed by atoms with Gasteiger partial charge < -0.3 is 5.73 Å². The van der Waals surface area contributed by atoms with E-state index in [0.29, 0.717) is 12.4 Å². The van der Waals surface area contributed by atoms with Crippen LogP contribution in [-0.4, -0.2) is 20.7 Å². The largest absolute Gasteiger partial charge is 0.380 e. The Morgan fingerprint density at radius 3 is 2.65 bits per heavy atom. The number of aromatic nitrogens is 4. The first-order valence-electron chi connectivity index (χ1n) is 4.92. The molecule has 108 valence electrons. The highest BCUT2D eigenvalue weighted by molar-refractivity contribution is 8.03. The number of aryl methyl sites for hydroxylation is 1. The van der Waals surface area contributed by atoms with Crippen molar-refractivity contribution in [3.05, 3.63) is 12.7 Å². The Labute approximate surface area is 119 Å². The van der Waals surface area contributed by atoms with Gasteiger partial charge in [-0.05, 0) is 11.8 Å². The molecule has 0 atom stereocenters. The average Bonchev–Trinajstić information content (AvgIpc) is 2.72. The number of hydrogen-bond donors (Lipinski definition) is 2. The molecule has 0 fully saturated rings. The van der Waals surface area contributed by atoms with E-state index >= 15 is 0 Å². The summed E-state index contributed by atoms with van der Waals surface area (Å²) in [4.78, 5) is 11.0. The number of rotatable bonds is 3. The summed E-state index contributed by atoms with van der Waals surface area (Å²) in [6.45, 7) is 0.717. The number of nitrogens with two attached hydrogens (primary N) is 1. The summed E-state index contributed by atoms with van der Waals surface area (Å²) < 4.78 is 35.9. The molecule has 0 unspecified atom stereocenters. The van der Waals surface area contributed by atoms with Gasteiger partial charge in [0.15, 0.2) is 18.5 Å². The highest BCUT2D eigenvalue weighted by atomic mass is 35.7. The fourth-order valence-corrected chi connectivity index (χ4v) is 1.69. The summed E-state index contributed by atoms with van der Waals surface area (Å²) in [6, 6.07) is 0. The molecular formula is C8H9ClN6O4S. The maximum Gasteiger partial charge on any atom is 0.307 e. The number of nitrogen functional groups attached to an aromatic ring is 1. The first-order chi connectivity index (χ1) is 9.33. The predicted molar refractivity (Wildman–Crippen MR) is 56.6 cm³/mol. The lowest BCUT2D eigenvalue weighted by molar-refractivity contribution is -2.00. The summed E-state index contributed by atoms with van der Waals surface area (Å²) in [5.74, 6) is 1.16. The Bertz CT molecular complexity index is 603. The Morgan fingerprint density at radius 2 is 2.05 bits per heavy atom. The molecule has 0 aromatic carbocycles. The van der Waals surface area contributed by atoms with E-state index in [4.69, 9.17) is 29.6 Å². The van der Waals surface area contributed by atoms with E-state index < -0.39 is 10.2 Å². The van der Waals surface area contributed by atoms with Gasteiger partial charge in [-0.1, -0.05) is 4.98 Å². The summed E-state index contributed by atoms with van der Waals surface area (Å²) >= 11 is 1.22. The molecule has 12 heteroatoms. The molecule has 0 aliphatic rings. The number of H-pyrrole nitrogens is 1. The summed E-state index contributed by atoms with van der Waals surface area (Å²) in [5, 5.41) is 10.4. The molecule has 0 saturated heterocycles. The van der Waals surface area contributed by atoms with Crippen LogP contribution in [0.1, 0.15) is 0 Å². The molecule has 2 aromatic rings. The lowest BCUT2D eigenvalue weighted by atomic mass is 10.5. The second kappa shape index (κ2) is 7.20. The Kier molecular flexibility index (Phi) is 5.89. The monoisotopic (exact) mass is 320 g/mol. The van der Waals surface area contributed by atoms with Gasteiger partial charge in [0.05, 0.1) is 6.54 Å². The normalized spacial score (nSPS) is 10.8. The minimum Gasteiger partial charge on any atom is -0.380 e. The van der Waals surface area contributed by atoms with E-state index in [9.17, 15) is 0 Å². The number of thiocyanates is 1. The van der Waals surface area contributed by atoms with Crippen molar-refractivity contribution in [3.8, 4) is 5.40 Å². The smallest absolute Gasteiger partial charge is 0.307 e. The molecule has 10 nitrogen and oxygen atoms in total. The maximum atomic E-state index is 8.49. The second-order valence-electron chi connectivity index (χ2n) is 3.24. The number of nitrogens with zero attached hydrogens (tertiary/aromatic N) is 4. The SMILES string of the molecule is N#CSCC[n+]1c[nH]c2c(N)ncnc21.[O-][Cl+3]([O-])([O-])[O-]. The molecule has 0 spiro atoms. The Balaban J connectivity index is 0.000000347. The zero-order chi connectivity index (χ0) is 15.2. The lowest BCUT2D eigenvalue weighted by Gasteiger charge is -2.17. The van der Waals surface area contributed by atoms with E-state index in [-0.39, 0.29) is 0 Å². The van der Waals surface area contributed by atoms with Gasteiger partial charge in [0.25, 0.3) is 0 Å². The Morgan fingerprint density at radius 1 is 1.40 bits per heavy atom. The third kappa shape index (κ3) is 5.53. The summed E-state index contributed by atoms with van der Waals surface area (Å²) in [5.41, 5.74) is 7.17. The van der Waals surface area contributed by atoms with Crippen LogP contribution in [0.15, 0.2) is 12.7 Å². The van der Waals surface area contributed by atoms with Crippen molar-refractivity contribution in [1.29, 1.82) is 5.26 Å². The molecule has 0 amide bonds. The fourth-order valence-electron chi connectivity index (χ4n) is 1.31. The van der Waals surface area contributed by atoms with Crippen molar-refractivity contribution in [2.24, 2.45) is 0 Å². The minimum atomic E-state index is -4.94. The molecule has 20 heavy (non-hydrogen) atoms. The molecule has 2 rings (SSSR count). The van der Waals surface area contributed by atoms with E-state index in [2.05, 4.69) is 15.0 Å². The molecule has 0 bridgehead atoms. The van der Waals surface area contributed by atoms with Crippen LogP contribution in [0.5, 0.6) is 0 Å². The molecule has 2 heterocycles. The molecule has 0 radical (unpaired) electrons. The third-order valence-electron chi connectivity index (χ3n) is 1.99. The third-order valence-corrected chi connectivity index (χ3v) is 2.51. The van der Waals surface area contributed by atoms with Gasteiger partial charge in [0, 0.05) is 5.75 Å². The van der Waals surface area contributed by atoms with Crippen LogP contribution in [0, 0.1) is 20.9 Å². The number of aromatic amines is 1. The average molecular weight is 321 g/mol. The number of halogens is 1. The van der Waals surface area contributed by atoms with Gasteiger partial charge in [0.2, 0.25) is 5.52 Å². The zero-order valence-corrected chi connectivity index (χ0v) is 11.4. The first kappa shape index (κ1) is 16.4. The number of anilines is 1. The van der Waals surface area contributed by atoms with Gasteiger partial charge in [-0.3, -0.25) is 4.98 Å². The highest BCUT2D eigenvalue weighted by Crippen LogP contribution is 2.09. The quantitative estimate of drug-likeness (QED) is 0.318. The van der Waals surface area contributed by atoms with Gasteiger partial charge in [-0.2, -0.15) is 10.2 Å². The van der Waals surface area contributed by atoms with Crippen LogP contribution in [0.3, 0.4) is 0 Å². The van der Waals surface area contributed by atoms with Gasteiger partial charge in [0.1, 0.15) is 5.40 Å². The molecule has 0 saturated carbocycles. The standard InChI is InChI=1S/C8H8N6S.ClHO4/c9-3-15-2-1-14-5-13-6-7(10)11-4-12-8(6)14;2-1(3,4)5/h4-5H,1-2H2,(H2,10,11,12);(H,2,3,4,5). The van der Waals surface area contributed by atoms with Crippen LogP contribution in [0.4, 0.5) is 5.82 Å². The van der Waals surface area contributed by atoms with Crippen LogP contribution in [0.2, 0.25) is 0 Å². The number of imidazole rings is 1. The summed E-state index contributed by atoms with van der Waals surface area (Å²) in [7, 11) is -4.94. The predicted octanol–water partition coefficient (Wildman–Crippen LogP) is -4.71. The number of fused-ring (bicyclic) bond motifs is 1. The van der Waals surface area contributed by atoms with Crippen molar-refractivity contribution in [2.45, 2.75) is 6.54 Å². The molecule has 3 N–H and O–H groups in total. The van der Waals surface area contributed by atoms with E-state index in [1.165, 1.54) is 18.1 Å². The van der Waals surface area contributed by atoms with Crippen molar-refractivity contribution in [2.75, 3.05) is 11.5 Å². The Hall–Kier alpha value is -1.68. The number of hydrogen-bond acceptors (Lipinski definition) is 9. The fraction of sp³-hybridized carbons (Fsp3) is 0.250. The number of nitrogens with one attached hydrogen (secondary N) is 1. The second-order valence-corrected chi connectivity index (χ2v) is 4.88. The zero-order valence-electron chi connectivity index (χ0n) is 9.85.